The highest BCUT2D eigenvalue weighted by atomic mass is 19.1. The molecule has 1 saturated carbocycles. The number of carbonyl (C=O) groups is 2. The zero-order chi connectivity index (χ0) is 32.7. The fourth-order valence-corrected chi connectivity index (χ4v) is 5.64. The SMILES string of the molecule is CC(=O)Nc1nc(C)cc(C)c1C(=O)N(C)c1ccc(Cc2nc3c([nH]2)c(=O)n(Cc2ccccc2F)c(=O)n3CC2CC2)cc1. The molecule has 2 N–H and O–H groups in total. The predicted molar refractivity (Wildman–Crippen MR) is 173 cm³/mol. The number of aromatic amines is 1. The number of amides is 2. The standard InChI is InChI=1S/C34H34FN7O4/c1-19-15-20(2)36-30(37-21(3)43)28(19)32(44)40(4)25-13-11-22(12-14-25)16-27-38-29-31(39-27)41(17-23-9-10-23)34(46)42(33(29)45)18-24-7-5-6-8-26(24)35/h5-8,11-15,23H,9-10,16-18H2,1-4H3,(H,38,39)(H,36,37,43). The quantitative estimate of drug-likeness (QED) is 0.251. The summed E-state index contributed by atoms with van der Waals surface area (Å²) in [6, 6.07) is 15.2. The van der Waals surface area contributed by atoms with E-state index in [1.165, 1.54) is 22.5 Å². The summed E-state index contributed by atoms with van der Waals surface area (Å²) in [4.78, 5) is 66.0. The van der Waals surface area contributed by atoms with Crippen LogP contribution in [0.3, 0.4) is 0 Å². The molecule has 1 fully saturated rings. The molecule has 0 aliphatic heterocycles. The van der Waals surface area contributed by atoms with Crippen molar-refractivity contribution in [3.8, 4) is 0 Å². The molecule has 12 heteroatoms. The average molecular weight is 624 g/mol. The number of rotatable bonds is 9. The molecule has 3 aromatic heterocycles. The molecular weight excluding hydrogens is 589 g/mol. The van der Waals surface area contributed by atoms with E-state index in [1.807, 2.05) is 12.1 Å². The number of H-pyrrole nitrogens is 1. The molecule has 0 bridgehead atoms. The van der Waals surface area contributed by atoms with E-state index in [-0.39, 0.29) is 35.3 Å². The third kappa shape index (κ3) is 6.10. The van der Waals surface area contributed by atoms with Gasteiger partial charge in [-0.3, -0.25) is 23.5 Å². The van der Waals surface area contributed by atoms with Gasteiger partial charge in [0.25, 0.3) is 11.5 Å². The molecule has 0 spiro atoms. The summed E-state index contributed by atoms with van der Waals surface area (Å²) < 4.78 is 17.0. The first-order valence-corrected chi connectivity index (χ1v) is 15.1. The highest BCUT2D eigenvalue weighted by Gasteiger charge is 2.26. The molecule has 0 atom stereocenters. The van der Waals surface area contributed by atoms with E-state index >= 15 is 0 Å². The molecule has 6 rings (SSSR count). The van der Waals surface area contributed by atoms with Gasteiger partial charge in [-0.05, 0) is 68.0 Å². The van der Waals surface area contributed by atoms with Crippen molar-refractivity contribution < 1.29 is 14.0 Å². The topological polar surface area (TPSA) is 135 Å². The molecule has 0 saturated heterocycles. The number of nitrogens with one attached hydrogen (secondary N) is 2. The predicted octanol–water partition coefficient (Wildman–Crippen LogP) is 4.32. The van der Waals surface area contributed by atoms with Crippen LogP contribution in [0, 0.1) is 25.6 Å². The summed E-state index contributed by atoms with van der Waals surface area (Å²) in [7, 11) is 1.65. The van der Waals surface area contributed by atoms with E-state index < -0.39 is 17.1 Å². The third-order valence-corrected chi connectivity index (χ3v) is 8.19. The lowest BCUT2D eigenvalue weighted by atomic mass is 10.1. The summed E-state index contributed by atoms with van der Waals surface area (Å²) in [6.07, 6.45) is 2.33. The van der Waals surface area contributed by atoms with E-state index in [1.54, 1.807) is 57.3 Å². The number of imidazole rings is 1. The Labute approximate surface area is 263 Å². The Bertz CT molecular complexity index is 2110. The van der Waals surface area contributed by atoms with Crippen LogP contribution in [0.1, 0.15) is 58.3 Å². The van der Waals surface area contributed by atoms with Crippen LogP contribution < -0.4 is 21.5 Å². The Morgan fingerprint density at radius 3 is 2.43 bits per heavy atom. The smallest absolute Gasteiger partial charge is 0.333 e. The lowest BCUT2D eigenvalue weighted by Crippen LogP contribution is -2.40. The lowest BCUT2D eigenvalue weighted by molar-refractivity contribution is -0.114. The van der Waals surface area contributed by atoms with Gasteiger partial charge in [-0.1, -0.05) is 30.3 Å². The molecule has 0 unspecified atom stereocenters. The molecule has 1 aliphatic carbocycles. The number of halogens is 1. The Kier molecular flexibility index (Phi) is 8.11. The highest BCUT2D eigenvalue weighted by Crippen LogP contribution is 2.31. The van der Waals surface area contributed by atoms with Crippen molar-refractivity contribution in [1.82, 2.24) is 24.1 Å². The van der Waals surface area contributed by atoms with Crippen molar-refractivity contribution in [2.45, 2.75) is 53.1 Å². The molecule has 11 nitrogen and oxygen atoms in total. The van der Waals surface area contributed by atoms with E-state index in [0.717, 1.165) is 23.0 Å². The fourth-order valence-electron chi connectivity index (χ4n) is 5.64. The van der Waals surface area contributed by atoms with E-state index in [0.29, 0.717) is 52.9 Å². The Hall–Kier alpha value is -5.39. The first kappa shape index (κ1) is 30.6. The van der Waals surface area contributed by atoms with Gasteiger partial charge in [0.2, 0.25) is 5.91 Å². The lowest BCUT2D eigenvalue weighted by Gasteiger charge is -2.21. The molecule has 2 aromatic carbocycles. The van der Waals surface area contributed by atoms with Crippen LogP contribution in [0.25, 0.3) is 11.2 Å². The number of fused-ring (bicyclic) bond motifs is 1. The van der Waals surface area contributed by atoms with Gasteiger partial charge in [0.15, 0.2) is 5.65 Å². The number of benzene rings is 2. The Balaban J connectivity index is 1.28. The van der Waals surface area contributed by atoms with Crippen LogP contribution in [0.2, 0.25) is 0 Å². The zero-order valence-corrected chi connectivity index (χ0v) is 26.1. The van der Waals surface area contributed by atoms with Crippen molar-refractivity contribution in [3.63, 3.8) is 0 Å². The van der Waals surface area contributed by atoms with Crippen LogP contribution in [-0.4, -0.2) is 42.9 Å². The summed E-state index contributed by atoms with van der Waals surface area (Å²) in [5, 5.41) is 2.66. The minimum absolute atomic E-state index is 0.183. The largest absolute Gasteiger partial charge is 0.336 e. The number of aryl methyl sites for hydroxylation is 2. The van der Waals surface area contributed by atoms with Gasteiger partial charge in [0, 0.05) is 43.9 Å². The van der Waals surface area contributed by atoms with Gasteiger partial charge < -0.3 is 15.2 Å². The number of anilines is 2. The maximum absolute atomic E-state index is 14.4. The fraction of sp³-hybridized carbons (Fsp3) is 0.294. The molecule has 0 radical (unpaired) electrons. The number of carbonyl (C=O) groups excluding carboxylic acids is 2. The average Bonchev–Trinajstić information content (AvgIpc) is 3.74. The molecular formula is C34H34FN7O4. The first-order valence-electron chi connectivity index (χ1n) is 15.1. The van der Waals surface area contributed by atoms with Gasteiger partial charge in [-0.15, -0.1) is 0 Å². The summed E-state index contributed by atoms with van der Waals surface area (Å²) in [6.45, 7) is 5.22. The van der Waals surface area contributed by atoms with Crippen LogP contribution in [-0.2, 0) is 24.3 Å². The van der Waals surface area contributed by atoms with Crippen molar-refractivity contribution in [2.75, 3.05) is 17.3 Å². The number of nitrogens with zero attached hydrogens (tertiary/aromatic N) is 5. The van der Waals surface area contributed by atoms with Crippen LogP contribution in [0.4, 0.5) is 15.9 Å². The number of hydrogen-bond acceptors (Lipinski definition) is 6. The van der Waals surface area contributed by atoms with Gasteiger partial charge in [0.05, 0.1) is 12.1 Å². The van der Waals surface area contributed by atoms with Gasteiger partial charge >= 0.3 is 5.69 Å². The second-order valence-electron chi connectivity index (χ2n) is 11.9. The van der Waals surface area contributed by atoms with E-state index in [2.05, 4.69) is 20.3 Å². The van der Waals surface area contributed by atoms with Gasteiger partial charge in [-0.25, -0.2) is 19.2 Å². The summed E-state index contributed by atoms with van der Waals surface area (Å²) in [5.41, 5.74) is 2.86. The molecule has 5 aromatic rings. The molecule has 1 aliphatic rings. The Morgan fingerprint density at radius 2 is 1.76 bits per heavy atom. The molecule has 236 valence electrons. The number of aromatic nitrogens is 5. The zero-order valence-electron chi connectivity index (χ0n) is 26.1. The second kappa shape index (κ2) is 12.2. The minimum Gasteiger partial charge on any atom is -0.336 e. The third-order valence-electron chi connectivity index (χ3n) is 8.19. The Morgan fingerprint density at radius 1 is 1.04 bits per heavy atom. The number of pyridine rings is 1. The minimum atomic E-state index is -0.552. The first-order chi connectivity index (χ1) is 22.0. The van der Waals surface area contributed by atoms with E-state index in [9.17, 15) is 23.6 Å². The molecule has 3 heterocycles. The second-order valence-corrected chi connectivity index (χ2v) is 11.9. The van der Waals surface area contributed by atoms with Crippen molar-refractivity contribution in [1.29, 1.82) is 0 Å². The van der Waals surface area contributed by atoms with Crippen LogP contribution >= 0.6 is 0 Å². The number of hydrogen-bond donors (Lipinski definition) is 2. The summed E-state index contributed by atoms with van der Waals surface area (Å²) in [5.74, 6) is -0.0736. The van der Waals surface area contributed by atoms with Crippen molar-refractivity contribution in [2.24, 2.45) is 5.92 Å². The van der Waals surface area contributed by atoms with Crippen LogP contribution in [0.5, 0.6) is 0 Å². The van der Waals surface area contributed by atoms with Crippen LogP contribution in [0.15, 0.2) is 64.2 Å². The molecule has 46 heavy (non-hydrogen) atoms. The monoisotopic (exact) mass is 623 g/mol. The van der Waals surface area contributed by atoms with Gasteiger partial charge in [-0.2, -0.15) is 0 Å². The molecule has 2 amide bonds. The van der Waals surface area contributed by atoms with Crippen molar-refractivity contribution in [3.05, 3.63) is 115 Å². The highest BCUT2D eigenvalue weighted by molar-refractivity contribution is 6.11. The van der Waals surface area contributed by atoms with E-state index in [4.69, 9.17) is 0 Å². The van der Waals surface area contributed by atoms with Crippen molar-refractivity contribution >= 4 is 34.5 Å². The maximum atomic E-state index is 14.4. The normalized spacial score (nSPS) is 12.8. The van der Waals surface area contributed by atoms with Gasteiger partial charge in [0.1, 0.15) is 23.0 Å². The maximum Gasteiger partial charge on any atom is 0.333 e. The summed E-state index contributed by atoms with van der Waals surface area (Å²) >= 11 is 0.